The van der Waals surface area contributed by atoms with Gasteiger partial charge < -0.3 is 10.4 Å². The van der Waals surface area contributed by atoms with E-state index in [0.717, 1.165) is 36.5 Å². The summed E-state index contributed by atoms with van der Waals surface area (Å²) >= 11 is 5.99. The quantitative estimate of drug-likeness (QED) is 0.772. The van der Waals surface area contributed by atoms with Crippen LogP contribution in [0.2, 0.25) is 5.02 Å². The summed E-state index contributed by atoms with van der Waals surface area (Å²) in [5, 5.41) is 18.3. The summed E-state index contributed by atoms with van der Waals surface area (Å²) in [5.41, 5.74) is 0.898. The fourth-order valence-electron chi connectivity index (χ4n) is 2.46. The van der Waals surface area contributed by atoms with Crippen molar-refractivity contribution in [3.63, 3.8) is 0 Å². The maximum atomic E-state index is 9.70. The van der Waals surface area contributed by atoms with Gasteiger partial charge in [-0.25, -0.2) is 0 Å². The maximum absolute atomic E-state index is 9.70. The van der Waals surface area contributed by atoms with Gasteiger partial charge in [-0.3, -0.25) is 4.68 Å². The molecule has 1 unspecified atom stereocenters. The second-order valence-corrected chi connectivity index (χ2v) is 6.02. The molecule has 0 amide bonds. The van der Waals surface area contributed by atoms with Crippen molar-refractivity contribution in [2.24, 2.45) is 0 Å². The first-order valence-corrected chi connectivity index (χ1v) is 7.54. The summed E-state index contributed by atoms with van der Waals surface area (Å²) in [7, 11) is 0. The third kappa shape index (κ3) is 3.71. The molecule has 1 aromatic heterocycles. The number of aryl methyl sites for hydroxylation is 1. The zero-order valence-electron chi connectivity index (χ0n) is 11.8. The Morgan fingerprint density at radius 3 is 2.79 bits per heavy atom. The van der Waals surface area contributed by atoms with Gasteiger partial charge in [0.05, 0.1) is 23.5 Å². The molecule has 19 heavy (non-hydrogen) atoms. The minimum atomic E-state index is -0.119. The Morgan fingerprint density at radius 2 is 2.32 bits per heavy atom. The fourth-order valence-corrected chi connectivity index (χ4v) is 2.61. The molecular weight excluding hydrogens is 262 g/mol. The van der Waals surface area contributed by atoms with Gasteiger partial charge in [-0.2, -0.15) is 5.10 Å². The molecule has 1 aliphatic rings. The van der Waals surface area contributed by atoms with E-state index < -0.39 is 0 Å². The first-order chi connectivity index (χ1) is 9.10. The summed E-state index contributed by atoms with van der Waals surface area (Å²) in [6.45, 7) is 5.18. The van der Waals surface area contributed by atoms with Gasteiger partial charge >= 0.3 is 0 Å². The van der Waals surface area contributed by atoms with Crippen molar-refractivity contribution >= 4 is 11.6 Å². The number of hydrogen-bond donors (Lipinski definition) is 2. The molecular formula is C14H24ClN3O. The van der Waals surface area contributed by atoms with Gasteiger partial charge in [-0.1, -0.05) is 18.5 Å². The highest BCUT2D eigenvalue weighted by molar-refractivity contribution is 6.31. The van der Waals surface area contributed by atoms with Crippen molar-refractivity contribution in [2.45, 2.75) is 64.1 Å². The van der Waals surface area contributed by atoms with Crippen molar-refractivity contribution in [2.75, 3.05) is 6.61 Å². The second kappa shape index (κ2) is 6.25. The standard InChI is InChI=1S/C14H24ClN3O/c1-3-14(10-19,17-12-5-6-12)7-4-8-18-11(2)13(15)9-16-18/h9,12,17,19H,3-8,10H2,1-2H3. The summed E-state index contributed by atoms with van der Waals surface area (Å²) in [6, 6.07) is 0.619. The first kappa shape index (κ1) is 14.8. The number of nitrogens with one attached hydrogen (secondary N) is 1. The van der Waals surface area contributed by atoms with Crippen molar-refractivity contribution in [1.82, 2.24) is 15.1 Å². The van der Waals surface area contributed by atoms with Gasteiger partial charge in [0.25, 0.3) is 0 Å². The number of aliphatic hydroxyl groups excluding tert-OH is 1. The molecule has 0 radical (unpaired) electrons. The highest BCUT2D eigenvalue weighted by Crippen LogP contribution is 2.27. The first-order valence-electron chi connectivity index (χ1n) is 7.16. The number of aromatic nitrogens is 2. The van der Waals surface area contributed by atoms with Gasteiger partial charge in [0.1, 0.15) is 0 Å². The van der Waals surface area contributed by atoms with E-state index in [1.54, 1.807) is 6.20 Å². The minimum Gasteiger partial charge on any atom is -0.394 e. The highest BCUT2D eigenvalue weighted by atomic mass is 35.5. The van der Waals surface area contributed by atoms with Crippen LogP contribution >= 0.6 is 11.6 Å². The normalized spacial score (nSPS) is 18.5. The second-order valence-electron chi connectivity index (χ2n) is 5.62. The largest absolute Gasteiger partial charge is 0.394 e. The molecule has 2 N–H and O–H groups in total. The minimum absolute atomic E-state index is 0.119. The Kier molecular flexibility index (Phi) is 4.87. The van der Waals surface area contributed by atoms with Crippen LogP contribution in [0.5, 0.6) is 0 Å². The Labute approximate surface area is 120 Å². The van der Waals surface area contributed by atoms with Crippen LogP contribution in [-0.4, -0.2) is 33.1 Å². The molecule has 1 aromatic rings. The topological polar surface area (TPSA) is 50.1 Å². The molecule has 1 heterocycles. The zero-order chi connectivity index (χ0) is 13.9. The molecule has 1 atom stereocenters. The van der Waals surface area contributed by atoms with E-state index in [9.17, 15) is 5.11 Å². The highest BCUT2D eigenvalue weighted by Gasteiger charge is 2.33. The van der Waals surface area contributed by atoms with Gasteiger partial charge in [-0.05, 0) is 39.0 Å². The predicted octanol–water partition coefficient (Wildman–Crippen LogP) is 2.52. The van der Waals surface area contributed by atoms with Crippen molar-refractivity contribution in [1.29, 1.82) is 0 Å². The molecule has 1 saturated carbocycles. The Morgan fingerprint density at radius 1 is 1.58 bits per heavy atom. The molecule has 1 fully saturated rings. The van der Waals surface area contributed by atoms with Gasteiger partial charge in [0.15, 0.2) is 0 Å². The van der Waals surface area contributed by atoms with E-state index in [2.05, 4.69) is 17.3 Å². The summed E-state index contributed by atoms with van der Waals surface area (Å²) in [4.78, 5) is 0. The van der Waals surface area contributed by atoms with Gasteiger partial charge in [0.2, 0.25) is 0 Å². The summed E-state index contributed by atoms with van der Waals surface area (Å²) < 4.78 is 1.94. The summed E-state index contributed by atoms with van der Waals surface area (Å²) in [5.74, 6) is 0. The Bertz CT molecular complexity index is 411. The molecule has 0 saturated heterocycles. The lowest BCUT2D eigenvalue weighted by Crippen LogP contribution is -2.49. The predicted molar refractivity (Wildman–Crippen MR) is 77.5 cm³/mol. The van der Waals surface area contributed by atoms with E-state index in [-0.39, 0.29) is 12.1 Å². The number of nitrogens with zero attached hydrogens (tertiary/aromatic N) is 2. The van der Waals surface area contributed by atoms with E-state index >= 15 is 0 Å². The van der Waals surface area contributed by atoms with Crippen LogP contribution in [-0.2, 0) is 6.54 Å². The number of hydrogen-bond acceptors (Lipinski definition) is 3. The maximum Gasteiger partial charge on any atom is 0.0814 e. The average molecular weight is 286 g/mol. The third-order valence-corrected chi connectivity index (χ3v) is 4.51. The fraction of sp³-hybridized carbons (Fsp3) is 0.786. The van der Waals surface area contributed by atoms with E-state index in [4.69, 9.17) is 11.6 Å². The smallest absolute Gasteiger partial charge is 0.0814 e. The van der Waals surface area contributed by atoms with Crippen LogP contribution in [0.3, 0.4) is 0 Å². The van der Waals surface area contributed by atoms with Crippen LogP contribution in [0.25, 0.3) is 0 Å². The van der Waals surface area contributed by atoms with Crippen molar-refractivity contribution in [3.8, 4) is 0 Å². The van der Waals surface area contributed by atoms with Gasteiger partial charge in [0, 0.05) is 18.1 Å². The number of aliphatic hydroxyl groups is 1. The van der Waals surface area contributed by atoms with Crippen molar-refractivity contribution < 1.29 is 5.11 Å². The molecule has 4 nitrogen and oxygen atoms in total. The van der Waals surface area contributed by atoms with Crippen LogP contribution in [0, 0.1) is 6.92 Å². The average Bonchev–Trinajstić information content (AvgIpc) is 3.18. The number of rotatable bonds is 8. The SMILES string of the molecule is CCC(CO)(CCCn1ncc(Cl)c1C)NC1CC1. The van der Waals surface area contributed by atoms with Crippen LogP contribution in [0.4, 0.5) is 0 Å². The molecule has 0 bridgehead atoms. The van der Waals surface area contributed by atoms with Crippen LogP contribution in [0.1, 0.15) is 44.7 Å². The lowest BCUT2D eigenvalue weighted by Gasteiger charge is -2.32. The van der Waals surface area contributed by atoms with Crippen molar-refractivity contribution in [3.05, 3.63) is 16.9 Å². The monoisotopic (exact) mass is 285 g/mol. The summed E-state index contributed by atoms with van der Waals surface area (Å²) in [6.07, 6.45) is 7.10. The van der Waals surface area contributed by atoms with Crippen LogP contribution < -0.4 is 5.32 Å². The molecule has 1 aliphatic carbocycles. The molecule has 0 aromatic carbocycles. The zero-order valence-corrected chi connectivity index (χ0v) is 12.6. The third-order valence-electron chi connectivity index (χ3n) is 4.14. The van der Waals surface area contributed by atoms with Gasteiger partial charge in [-0.15, -0.1) is 0 Å². The Hall–Kier alpha value is -0.580. The molecule has 5 heteroatoms. The molecule has 0 spiro atoms. The van der Waals surface area contributed by atoms with E-state index in [0.29, 0.717) is 6.04 Å². The molecule has 0 aliphatic heterocycles. The molecule has 2 rings (SSSR count). The molecule has 108 valence electrons. The Balaban J connectivity index is 1.86. The lowest BCUT2D eigenvalue weighted by molar-refractivity contribution is 0.140. The number of halogens is 1. The van der Waals surface area contributed by atoms with E-state index in [1.807, 2.05) is 11.6 Å². The van der Waals surface area contributed by atoms with E-state index in [1.165, 1.54) is 12.8 Å². The lowest BCUT2D eigenvalue weighted by atomic mass is 9.91. The van der Waals surface area contributed by atoms with Crippen LogP contribution in [0.15, 0.2) is 6.20 Å².